The number of hydrogen-bond donors (Lipinski definition) is 4. The van der Waals surface area contributed by atoms with Crippen LogP contribution in [0, 0.1) is 23.2 Å². The number of phenolic OH excluding ortho intramolecular Hbond substituents is 1. The van der Waals surface area contributed by atoms with Crippen molar-refractivity contribution in [3.8, 4) is 5.75 Å². The Labute approximate surface area is 272 Å². The first-order valence-electron chi connectivity index (χ1n) is 18.3. The number of benzene rings is 2. The van der Waals surface area contributed by atoms with Gasteiger partial charge in [0.05, 0.1) is 6.10 Å². The summed E-state index contributed by atoms with van der Waals surface area (Å²) in [6.45, 7) is 2.40. The number of phenols is 1. The Morgan fingerprint density at radius 3 is 2.20 bits per heavy atom. The summed E-state index contributed by atoms with van der Waals surface area (Å²) in [6.07, 6.45) is 22.8. The predicted molar refractivity (Wildman–Crippen MR) is 184 cm³/mol. The molecular formula is C40H59NO4. The number of rotatable bonds is 17. The fourth-order valence-electron chi connectivity index (χ4n) is 9.65. The van der Waals surface area contributed by atoms with E-state index in [2.05, 4.69) is 19.1 Å². The molecule has 0 amide bonds. The van der Waals surface area contributed by atoms with Gasteiger partial charge in [-0.25, -0.2) is 0 Å². The van der Waals surface area contributed by atoms with Crippen LogP contribution in [0.1, 0.15) is 144 Å². The van der Waals surface area contributed by atoms with Gasteiger partial charge in [-0.1, -0.05) is 83.3 Å². The van der Waals surface area contributed by atoms with Gasteiger partial charge in [0, 0.05) is 12.1 Å². The molecule has 0 aromatic heterocycles. The van der Waals surface area contributed by atoms with Crippen molar-refractivity contribution < 1.29 is 20.1 Å². The van der Waals surface area contributed by atoms with Gasteiger partial charge in [0.15, 0.2) is 0 Å². The third-order valence-electron chi connectivity index (χ3n) is 12.1. The smallest absolute Gasteiger partial charge is 0.303 e. The lowest BCUT2D eigenvalue weighted by molar-refractivity contribution is -0.136. The minimum atomic E-state index is -0.764. The van der Waals surface area contributed by atoms with E-state index in [1.807, 2.05) is 24.3 Å². The number of fused-ring (bicyclic) bond motifs is 5. The zero-order chi connectivity index (χ0) is 31.8. The predicted octanol–water partition coefficient (Wildman–Crippen LogP) is 9.36. The molecule has 5 N–H and O–H groups in total. The summed E-state index contributed by atoms with van der Waals surface area (Å²) < 4.78 is 0. The van der Waals surface area contributed by atoms with E-state index in [1.54, 1.807) is 0 Å². The minimum absolute atomic E-state index is 0.0860. The maximum atomic E-state index is 11.5. The lowest BCUT2D eigenvalue weighted by atomic mass is 9.55. The Morgan fingerprint density at radius 2 is 1.51 bits per heavy atom. The maximum Gasteiger partial charge on any atom is 0.303 e. The first kappa shape index (κ1) is 33.8. The van der Waals surface area contributed by atoms with Crippen molar-refractivity contribution in [3.63, 3.8) is 0 Å². The molecule has 45 heavy (non-hydrogen) atoms. The quantitative estimate of drug-likeness (QED) is 0.105. The lowest BCUT2D eigenvalue weighted by Crippen LogP contribution is -2.44. The van der Waals surface area contributed by atoms with E-state index in [9.17, 15) is 15.0 Å². The van der Waals surface area contributed by atoms with Crippen LogP contribution in [0.4, 0.5) is 5.69 Å². The number of aromatic hydroxyl groups is 1. The number of aliphatic hydroxyl groups is 1. The number of aryl methyl sites for hydroxylation is 3. The molecule has 0 radical (unpaired) electrons. The highest BCUT2D eigenvalue weighted by Crippen LogP contribution is 2.62. The topological polar surface area (TPSA) is 104 Å². The van der Waals surface area contributed by atoms with Crippen LogP contribution < -0.4 is 5.73 Å². The second kappa shape index (κ2) is 15.8. The van der Waals surface area contributed by atoms with E-state index in [0.717, 1.165) is 36.9 Å². The number of carboxylic acids is 1. The molecule has 5 nitrogen and oxygen atoms in total. The van der Waals surface area contributed by atoms with Crippen LogP contribution in [0.15, 0.2) is 36.4 Å². The number of anilines is 1. The van der Waals surface area contributed by atoms with E-state index in [-0.39, 0.29) is 17.9 Å². The summed E-state index contributed by atoms with van der Waals surface area (Å²) in [5, 5.41) is 30.4. The Hall–Kier alpha value is -2.53. The summed E-state index contributed by atoms with van der Waals surface area (Å²) >= 11 is 0. The van der Waals surface area contributed by atoms with Gasteiger partial charge in [0.2, 0.25) is 0 Å². The molecule has 3 aliphatic carbocycles. The summed E-state index contributed by atoms with van der Waals surface area (Å²) in [5.74, 6) is 2.04. The number of aliphatic carboxylic acids is 1. The van der Waals surface area contributed by atoms with Gasteiger partial charge in [-0.3, -0.25) is 4.79 Å². The van der Waals surface area contributed by atoms with Crippen LogP contribution in [0.3, 0.4) is 0 Å². The van der Waals surface area contributed by atoms with Gasteiger partial charge >= 0.3 is 5.97 Å². The van der Waals surface area contributed by atoms with Crippen molar-refractivity contribution in [2.75, 3.05) is 5.73 Å². The van der Waals surface area contributed by atoms with Gasteiger partial charge < -0.3 is 21.1 Å². The summed E-state index contributed by atoms with van der Waals surface area (Å²) in [6, 6.07) is 12.1. The monoisotopic (exact) mass is 617 g/mol. The van der Waals surface area contributed by atoms with Crippen molar-refractivity contribution in [1.82, 2.24) is 0 Å². The summed E-state index contributed by atoms with van der Waals surface area (Å²) in [7, 11) is 0. The Kier molecular flexibility index (Phi) is 11.9. The first-order chi connectivity index (χ1) is 21.7. The molecule has 2 saturated carbocycles. The molecule has 6 atom stereocenters. The van der Waals surface area contributed by atoms with E-state index in [1.165, 1.54) is 107 Å². The average molecular weight is 618 g/mol. The second-order valence-electron chi connectivity index (χ2n) is 15.2. The molecule has 5 heteroatoms. The van der Waals surface area contributed by atoms with Crippen LogP contribution in [-0.2, 0) is 24.1 Å². The molecule has 2 aromatic rings. The SMILES string of the molecule is C[C@]12CC[C@@H]3c4ccc(O)cc4CC[C@H]3[C@@H]1C[C@H](CCCCCCCCCCCCCc1cc(N)cc(CCC(=O)O)c1)[C@@H]2O. The molecular weight excluding hydrogens is 558 g/mol. The summed E-state index contributed by atoms with van der Waals surface area (Å²) in [5.41, 5.74) is 12.0. The highest BCUT2D eigenvalue weighted by molar-refractivity contribution is 5.67. The zero-order valence-corrected chi connectivity index (χ0v) is 27.8. The first-order valence-corrected chi connectivity index (χ1v) is 18.3. The number of nitrogen functional groups attached to an aromatic ring is 1. The molecule has 0 heterocycles. The van der Waals surface area contributed by atoms with Crippen molar-refractivity contribution >= 4 is 11.7 Å². The fraction of sp³-hybridized carbons (Fsp3) is 0.675. The normalized spacial score (nSPS) is 27.1. The van der Waals surface area contributed by atoms with Crippen LogP contribution in [0.2, 0.25) is 0 Å². The number of carbonyl (C=O) groups is 1. The molecule has 0 saturated heterocycles. The van der Waals surface area contributed by atoms with Gasteiger partial charge in [0.1, 0.15) is 5.75 Å². The minimum Gasteiger partial charge on any atom is -0.508 e. The van der Waals surface area contributed by atoms with E-state index < -0.39 is 5.97 Å². The van der Waals surface area contributed by atoms with E-state index >= 15 is 0 Å². The summed E-state index contributed by atoms with van der Waals surface area (Å²) in [4.78, 5) is 10.9. The molecule has 2 fully saturated rings. The third-order valence-corrected chi connectivity index (χ3v) is 12.1. The number of carboxylic acid groups (broad SMARTS) is 1. The van der Waals surface area contributed by atoms with Crippen LogP contribution in [0.5, 0.6) is 5.75 Å². The molecule has 0 bridgehead atoms. The lowest BCUT2D eigenvalue weighted by Gasteiger charge is -2.50. The molecule has 248 valence electrons. The molecule has 0 spiro atoms. The molecule has 2 aromatic carbocycles. The van der Waals surface area contributed by atoms with Gasteiger partial charge in [-0.15, -0.1) is 0 Å². The number of aliphatic hydroxyl groups excluding tert-OH is 1. The number of nitrogens with two attached hydrogens (primary N) is 1. The molecule has 0 aliphatic heterocycles. The second-order valence-corrected chi connectivity index (χ2v) is 15.2. The van der Waals surface area contributed by atoms with Crippen molar-refractivity contribution in [3.05, 3.63) is 58.7 Å². The Balaban J connectivity index is 0.903. The molecule has 5 rings (SSSR count). The number of hydrogen-bond acceptors (Lipinski definition) is 4. The van der Waals surface area contributed by atoms with Crippen LogP contribution >= 0.6 is 0 Å². The Bertz CT molecular complexity index is 1260. The van der Waals surface area contributed by atoms with Gasteiger partial charge in [-0.05, 0) is 133 Å². The van der Waals surface area contributed by atoms with Gasteiger partial charge in [0.25, 0.3) is 0 Å². The van der Waals surface area contributed by atoms with Crippen LogP contribution in [-0.4, -0.2) is 27.4 Å². The van der Waals surface area contributed by atoms with E-state index in [4.69, 9.17) is 10.8 Å². The van der Waals surface area contributed by atoms with E-state index in [0.29, 0.717) is 35.8 Å². The molecule has 0 unspecified atom stereocenters. The highest BCUT2D eigenvalue weighted by atomic mass is 16.4. The number of unbranched alkanes of at least 4 members (excludes halogenated alkanes) is 10. The van der Waals surface area contributed by atoms with Crippen LogP contribution in [0.25, 0.3) is 0 Å². The largest absolute Gasteiger partial charge is 0.508 e. The average Bonchev–Trinajstić information content (AvgIpc) is 3.27. The van der Waals surface area contributed by atoms with Crippen molar-refractivity contribution in [1.29, 1.82) is 0 Å². The van der Waals surface area contributed by atoms with Crippen molar-refractivity contribution in [2.45, 2.75) is 147 Å². The highest BCUT2D eigenvalue weighted by Gasteiger charge is 2.57. The fourth-order valence-corrected chi connectivity index (χ4v) is 9.65. The van der Waals surface area contributed by atoms with Gasteiger partial charge in [-0.2, -0.15) is 0 Å². The molecule has 3 aliphatic rings. The maximum absolute atomic E-state index is 11.5. The van der Waals surface area contributed by atoms with Crippen molar-refractivity contribution in [2.24, 2.45) is 23.2 Å². The Morgan fingerprint density at radius 1 is 0.867 bits per heavy atom. The third kappa shape index (κ3) is 8.64. The zero-order valence-electron chi connectivity index (χ0n) is 27.8. The standard InChI is InChI=1S/C40H59NO4/c1-40-22-21-35-34-19-17-33(42)26-30(34)16-18-36(35)37(40)27-31(39(40)45)14-12-10-8-6-4-2-3-5-7-9-11-13-28-23-29(15-20-38(43)44)25-32(41)24-28/h17,19,23-26,31,35-37,39,42,45H,2-16,18,20-22,27,41H2,1H3,(H,43,44)/t31-,35+,36+,37-,39-,40-/m0/s1.